The first-order valence-electron chi connectivity index (χ1n) is 8.10. The smallest absolute Gasteiger partial charge is 0.327 e. The number of carbonyl (C=O) groups is 1. The van der Waals surface area contributed by atoms with E-state index in [2.05, 4.69) is 0 Å². The van der Waals surface area contributed by atoms with E-state index >= 15 is 0 Å². The van der Waals surface area contributed by atoms with Crippen LogP contribution in [0.1, 0.15) is 11.6 Å². The molecule has 5 nitrogen and oxygen atoms in total. The number of hydrogen-bond donors (Lipinski definition) is 1. The van der Waals surface area contributed by atoms with Crippen molar-refractivity contribution in [2.75, 3.05) is 7.11 Å². The summed E-state index contributed by atoms with van der Waals surface area (Å²) >= 11 is 0. The van der Waals surface area contributed by atoms with E-state index in [0.29, 0.717) is 28.6 Å². The highest BCUT2D eigenvalue weighted by atomic mass is 16.5. The zero-order chi connectivity index (χ0) is 18.4. The van der Waals surface area contributed by atoms with Gasteiger partial charge < -0.3 is 19.9 Å². The molecule has 3 rings (SSSR count). The summed E-state index contributed by atoms with van der Waals surface area (Å²) in [5.74, 6) is 1.77. The summed E-state index contributed by atoms with van der Waals surface area (Å²) in [5.41, 5.74) is 6.52. The van der Waals surface area contributed by atoms with E-state index in [1.165, 1.54) is 7.11 Å². The molecule has 5 heteroatoms. The van der Waals surface area contributed by atoms with Gasteiger partial charge in [-0.3, -0.25) is 4.79 Å². The topological polar surface area (TPSA) is 70.8 Å². The van der Waals surface area contributed by atoms with Crippen molar-refractivity contribution in [1.82, 2.24) is 0 Å². The highest BCUT2D eigenvalue weighted by molar-refractivity contribution is 5.77. The number of carbonyl (C=O) groups excluding carboxylic acids is 1. The molecular weight excluding hydrogens is 330 g/mol. The average Bonchev–Trinajstić information content (AvgIpc) is 2.69. The number of hydrogen-bond acceptors (Lipinski definition) is 5. The van der Waals surface area contributed by atoms with Crippen LogP contribution in [0, 0.1) is 0 Å². The first kappa shape index (κ1) is 17.5. The zero-order valence-electron chi connectivity index (χ0n) is 14.3. The molecule has 1 atom stereocenters. The van der Waals surface area contributed by atoms with Crippen molar-refractivity contribution in [1.29, 1.82) is 0 Å². The van der Waals surface area contributed by atoms with Crippen LogP contribution < -0.4 is 15.2 Å². The number of ether oxygens (including phenoxy) is 3. The quantitative estimate of drug-likeness (QED) is 0.666. The summed E-state index contributed by atoms with van der Waals surface area (Å²) in [4.78, 5) is 11.7. The molecule has 3 aromatic carbocycles. The van der Waals surface area contributed by atoms with Crippen LogP contribution in [0.3, 0.4) is 0 Å². The standard InChI is InChI=1S/C21H19NO4/c1-24-21(23)20(22)15-12-13-18(25-16-8-4-2-5-9-16)19(14-15)26-17-10-6-3-7-11-17/h2-14,20H,22H2,1H3/t20-/m1/s1. The molecule has 0 aliphatic heterocycles. The summed E-state index contributed by atoms with van der Waals surface area (Å²) in [5, 5.41) is 0. The lowest BCUT2D eigenvalue weighted by molar-refractivity contribution is -0.142. The number of methoxy groups -OCH3 is 1. The van der Waals surface area contributed by atoms with Gasteiger partial charge in [0.2, 0.25) is 0 Å². The Balaban J connectivity index is 1.95. The minimum atomic E-state index is -0.899. The van der Waals surface area contributed by atoms with Crippen molar-refractivity contribution in [3.63, 3.8) is 0 Å². The van der Waals surface area contributed by atoms with E-state index < -0.39 is 12.0 Å². The lowest BCUT2D eigenvalue weighted by atomic mass is 10.1. The van der Waals surface area contributed by atoms with Gasteiger partial charge in [0.15, 0.2) is 11.5 Å². The van der Waals surface area contributed by atoms with Gasteiger partial charge in [0.25, 0.3) is 0 Å². The molecule has 0 aliphatic carbocycles. The Labute approximate surface area is 151 Å². The van der Waals surface area contributed by atoms with Gasteiger partial charge in [0.1, 0.15) is 17.5 Å². The molecule has 26 heavy (non-hydrogen) atoms. The lowest BCUT2D eigenvalue weighted by Gasteiger charge is -2.16. The summed E-state index contributed by atoms with van der Waals surface area (Å²) in [6.45, 7) is 0. The molecule has 0 amide bonds. The fourth-order valence-electron chi connectivity index (χ4n) is 2.38. The van der Waals surface area contributed by atoms with Crippen molar-refractivity contribution in [3.8, 4) is 23.0 Å². The van der Waals surface area contributed by atoms with Gasteiger partial charge in [-0.25, -0.2) is 0 Å². The number of esters is 1. The molecule has 132 valence electrons. The minimum absolute atomic E-state index is 0.455. The van der Waals surface area contributed by atoms with Crippen molar-refractivity contribution in [2.24, 2.45) is 5.73 Å². The summed E-state index contributed by atoms with van der Waals surface area (Å²) in [6.07, 6.45) is 0. The maximum absolute atomic E-state index is 11.7. The van der Waals surface area contributed by atoms with Gasteiger partial charge in [0, 0.05) is 0 Å². The van der Waals surface area contributed by atoms with Crippen LogP contribution in [-0.4, -0.2) is 13.1 Å². The molecule has 0 unspecified atom stereocenters. The van der Waals surface area contributed by atoms with E-state index in [1.807, 2.05) is 60.7 Å². The molecule has 0 saturated carbocycles. The summed E-state index contributed by atoms with van der Waals surface area (Å²) < 4.78 is 16.6. The van der Waals surface area contributed by atoms with Crippen molar-refractivity contribution in [2.45, 2.75) is 6.04 Å². The van der Waals surface area contributed by atoms with Crippen LogP contribution in [0.25, 0.3) is 0 Å². The van der Waals surface area contributed by atoms with E-state index in [1.54, 1.807) is 18.2 Å². The third-order valence-electron chi connectivity index (χ3n) is 3.72. The van der Waals surface area contributed by atoms with Gasteiger partial charge in [-0.1, -0.05) is 42.5 Å². The van der Waals surface area contributed by atoms with Gasteiger partial charge >= 0.3 is 5.97 Å². The normalized spacial score (nSPS) is 11.5. The van der Waals surface area contributed by atoms with E-state index in [9.17, 15) is 4.79 Å². The Morgan fingerprint density at radius 2 is 1.35 bits per heavy atom. The minimum Gasteiger partial charge on any atom is -0.468 e. The van der Waals surface area contributed by atoms with Gasteiger partial charge in [-0.05, 0) is 42.0 Å². The second kappa shape index (κ2) is 8.18. The van der Waals surface area contributed by atoms with Gasteiger partial charge in [-0.15, -0.1) is 0 Å². The third-order valence-corrected chi connectivity index (χ3v) is 3.72. The van der Waals surface area contributed by atoms with E-state index in [-0.39, 0.29) is 0 Å². The molecule has 0 aromatic heterocycles. The Kier molecular flexibility index (Phi) is 5.51. The first-order chi connectivity index (χ1) is 12.7. The molecule has 3 aromatic rings. The van der Waals surface area contributed by atoms with Crippen LogP contribution >= 0.6 is 0 Å². The number of para-hydroxylation sites is 2. The Hall–Kier alpha value is -3.31. The summed E-state index contributed by atoms with van der Waals surface area (Å²) in [7, 11) is 1.30. The molecule has 0 aliphatic rings. The third kappa shape index (κ3) is 4.20. The molecule has 2 N–H and O–H groups in total. The lowest BCUT2D eigenvalue weighted by Crippen LogP contribution is -2.22. The molecule has 0 saturated heterocycles. The number of nitrogens with two attached hydrogens (primary N) is 1. The highest BCUT2D eigenvalue weighted by Gasteiger charge is 2.19. The second-order valence-corrected chi connectivity index (χ2v) is 5.54. The van der Waals surface area contributed by atoms with Crippen LogP contribution in [-0.2, 0) is 9.53 Å². The SMILES string of the molecule is COC(=O)[C@H](N)c1ccc(Oc2ccccc2)c(Oc2ccccc2)c1. The predicted octanol–water partition coefficient (Wildman–Crippen LogP) is 4.44. The fraction of sp³-hybridized carbons (Fsp3) is 0.0952. The zero-order valence-corrected chi connectivity index (χ0v) is 14.3. The first-order valence-corrected chi connectivity index (χ1v) is 8.10. The predicted molar refractivity (Wildman–Crippen MR) is 98.4 cm³/mol. The van der Waals surface area contributed by atoms with E-state index in [4.69, 9.17) is 19.9 Å². The molecular formula is C21H19NO4. The van der Waals surface area contributed by atoms with Crippen molar-refractivity contribution in [3.05, 3.63) is 84.4 Å². The molecule has 0 bridgehead atoms. The van der Waals surface area contributed by atoms with Crippen molar-refractivity contribution >= 4 is 5.97 Å². The summed E-state index contributed by atoms with van der Waals surface area (Å²) in [6, 6.07) is 22.9. The Morgan fingerprint density at radius 3 is 1.88 bits per heavy atom. The van der Waals surface area contributed by atoms with Crippen LogP contribution in [0.2, 0.25) is 0 Å². The monoisotopic (exact) mass is 349 g/mol. The maximum Gasteiger partial charge on any atom is 0.327 e. The molecule has 0 radical (unpaired) electrons. The number of benzene rings is 3. The van der Waals surface area contributed by atoms with E-state index in [0.717, 1.165) is 0 Å². The van der Waals surface area contributed by atoms with Crippen molar-refractivity contribution < 1.29 is 19.0 Å². The van der Waals surface area contributed by atoms with Crippen LogP contribution in [0.15, 0.2) is 78.9 Å². The average molecular weight is 349 g/mol. The largest absolute Gasteiger partial charge is 0.468 e. The maximum atomic E-state index is 11.7. The number of rotatable bonds is 6. The van der Waals surface area contributed by atoms with Crippen LogP contribution in [0.5, 0.6) is 23.0 Å². The fourth-order valence-corrected chi connectivity index (χ4v) is 2.38. The molecule has 0 heterocycles. The molecule has 0 spiro atoms. The van der Waals surface area contributed by atoms with Crippen LogP contribution in [0.4, 0.5) is 0 Å². The second-order valence-electron chi connectivity index (χ2n) is 5.54. The Morgan fingerprint density at radius 1 is 0.808 bits per heavy atom. The van der Waals surface area contributed by atoms with Gasteiger partial charge in [-0.2, -0.15) is 0 Å². The Bertz CT molecular complexity index is 866. The van der Waals surface area contributed by atoms with Gasteiger partial charge in [0.05, 0.1) is 7.11 Å². The highest BCUT2D eigenvalue weighted by Crippen LogP contribution is 2.36. The molecule has 0 fully saturated rings.